The lowest BCUT2D eigenvalue weighted by Crippen LogP contribution is -2.39. The summed E-state index contributed by atoms with van der Waals surface area (Å²) in [6.07, 6.45) is 6.80. The van der Waals surface area contributed by atoms with Crippen LogP contribution in [0.5, 0.6) is 17.5 Å². The summed E-state index contributed by atoms with van der Waals surface area (Å²) in [5.74, 6) is 2.61. The number of hydrogen-bond acceptors (Lipinski definition) is 10. The van der Waals surface area contributed by atoms with Crippen molar-refractivity contribution < 1.29 is 17.8 Å². The second-order valence-corrected chi connectivity index (χ2v) is 8.54. The molecule has 0 atom stereocenters. The lowest BCUT2D eigenvalue weighted by molar-refractivity contribution is 0.161. The Morgan fingerprint density at radius 2 is 1.67 bits per heavy atom. The second kappa shape index (κ2) is 10.3. The van der Waals surface area contributed by atoms with Crippen molar-refractivity contribution in [2.24, 2.45) is 0 Å². The van der Waals surface area contributed by atoms with E-state index in [4.69, 9.17) is 17.8 Å². The van der Waals surface area contributed by atoms with Gasteiger partial charge in [-0.05, 0) is 19.1 Å². The summed E-state index contributed by atoms with van der Waals surface area (Å²) in [4.78, 5) is 19.6. The molecule has 3 aromatic rings. The van der Waals surface area contributed by atoms with Crippen LogP contribution < -0.4 is 14.4 Å². The van der Waals surface area contributed by atoms with Gasteiger partial charge < -0.3 is 14.4 Å². The second-order valence-electron chi connectivity index (χ2n) is 7.94. The Morgan fingerprint density at radius 1 is 0.939 bits per heavy atom. The van der Waals surface area contributed by atoms with Crippen molar-refractivity contribution in [3.05, 3.63) is 60.2 Å². The largest absolute Gasteiger partial charge is 0.474 e. The Bertz CT molecular complexity index is 1060. The van der Waals surface area contributed by atoms with E-state index in [2.05, 4.69) is 24.8 Å². The zero-order valence-electron chi connectivity index (χ0n) is 18.3. The van der Waals surface area contributed by atoms with E-state index in [1.54, 1.807) is 12.4 Å². The highest BCUT2D eigenvalue weighted by molar-refractivity contribution is 7.89. The van der Waals surface area contributed by atoms with Crippen LogP contribution in [-0.4, -0.2) is 52.3 Å². The molecular weight excluding hydrogens is 442 g/mol. The molecule has 172 valence electrons. The van der Waals surface area contributed by atoms with E-state index in [0.29, 0.717) is 25.0 Å². The van der Waals surface area contributed by atoms with Gasteiger partial charge >= 0.3 is 0 Å². The molecule has 0 saturated carbocycles. The van der Waals surface area contributed by atoms with Crippen LogP contribution in [0.2, 0.25) is 0 Å². The van der Waals surface area contributed by atoms with Crippen LogP contribution in [0.25, 0.3) is 0 Å². The number of anilines is 1. The van der Waals surface area contributed by atoms with Gasteiger partial charge in [0.1, 0.15) is 18.2 Å². The van der Waals surface area contributed by atoms with E-state index in [0.717, 1.165) is 61.1 Å². The summed E-state index contributed by atoms with van der Waals surface area (Å²) in [5.41, 5.74) is 1.79. The van der Waals surface area contributed by atoms with Gasteiger partial charge in [-0.15, -0.1) is 0 Å². The van der Waals surface area contributed by atoms with E-state index in [1.165, 1.54) is 6.33 Å². The normalized spacial score (nSPS) is 17.7. The van der Waals surface area contributed by atoms with Crippen molar-refractivity contribution in [3.8, 4) is 17.5 Å². The van der Waals surface area contributed by atoms with Crippen molar-refractivity contribution >= 4 is 18.3 Å². The number of aromatic nitrogens is 4. The molecule has 9 nitrogen and oxygen atoms in total. The molecule has 2 aliphatic heterocycles. The summed E-state index contributed by atoms with van der Waals surface area (Å²) in [6, 6.07) is 9.71. The van der Waals surface area contributed by atoms with Gasteiger partial charge in [-0.3, -0.25) is 8.37 Å². The van der Waals surface area contributed by atoms with Crippen molar-refractivity contribution in [1.29, 1.82) is 0 Å². The summed E-state index contributed by atoms with van der Waals surface area (Å²) >= 11 is 1.03. The van der Waals surface area contributed by atoms with Gasteiger partial charge in [0.05, 0.1) is 18.8 Å². The fraction of sp³-hybridized carbons (Fsp3) is 0.391. The average molecular weight is 468 g/mol. The highest BCUT2D eigenvalue weighted by Crippen LogP contribution is 2.36. The Kier molecular flexibility index (Phi) is 6.84. The SMILES string of the molecule is Cc1c(Oc2ccccc2C2COSOC2)ncnc1OC1CCN(c2ncccn2)CC1. The first-order valence-electron chi connectivity index (χ1n) is 11.0. The van der Waals surface area contributed by atoms with Crippen LogP contribution in [0, 0.1) is 6.92 Å². The summed E-state index contributed by atoms with van der Waals surface area (Å²) < 4.78 is 23.3. The first kappa shape index (κ1) is 21.9. The van der Waals surface area contributed by atoms with Crippen molar-refractivity contribution in [2.45, 2.75) is 31.8 Å². The lowest BCUT2D eigenvalue weighted by atomic mass is 10.00. The van der Waals surface area contributed by atoms with E-state index in [-0.39, 0.29) is 12.0 Å². The molecular formula is C23H25N5O4S. The van der Waals surface area contributed by atoms with E-state index < -0.39 is 0 Å². The molecule has 0 bridgehead atoms. The molecule has 0 radical (unpaired) electrons. The maximum Gasteiger partial charge on any atom is 0.229 e. The van der Waals surface area contributed by atoms with Gasteiger partial charge in [0.2, 0.25) is 17.7 Å². The Morgan fingerprint density at radius 3 is 2.45 bits per heavy atom. The van der Waals surface area contributed by atoms with E-state index in [9.17, 15) is 0 Å². The van der Waals surface area contributed by atoms with Gasteiger partial charge in [0, 0.05) is 49.8 Å². The van der Waals surface area contributed by atoms with Gasteiger partial charge in [0.25, 0.3) is 0 Å². The quantitative estimate of drug-likeness (QED) is 0.493. The van der Waals surface area contributed by atoms with Crippen LogP contribution >= 0.6 is 12.3 Å². The summed E-state index contributed by atoms with van der Waals surface area (Å²) in [5, 5.41) is 0. The number of nitrogens with zero attached hydrogens (tertiary/aromatic N) is 5. The first-order chi connectivity index (χ1) is 16.3. The van der Waals surface area contributed by atoms with Crippen molar-refractivity contribution in [2.75, 3.05) is 31.2 Å². The molecule has 5 rings (SSSR count). The van der Waals surface area contributed by atoms with Gasteiger partial charge in [-0.2, -0.15) is 0 Å². The number of rotatable bonds is 6. The topological polar surface area (TPSA) is 91.7 Å². The molecule has 2 saturated heterocycles. The molecule has 4 heterocycles. The van der Waals surface area contributed by atoms with Gasteiger partial charge in [0.15, 0.2) is 12.3 Å². The maximum absolute atomic E-state index is 6.25. The minimum Gasteiger partial charge on any atom is -0.474 e. The lowest BCUT2D eigenvalue weighted by Gasteiger charge is -2.32. The van der Waals surface area contributed by atoms with Crippen LogP contribution in [0.4, 0.5) is 5.95 Å². The zero-order valence-corrected chi connectivity index (χ0v) is 19.1. The van der Waals surface area contributed by atoms with Crippen LogP contribution in [0.1, 0.15) is 29.9 Å². The number of piperidine rings is 1. The molecule has 2 aliphatic rings. The third-order valence-electron chi connectivity index (χ3n) is 5.75. The van der Waals surface area contributed by atoms with Crippen LogP contribution in [0.15, 0.2) is 49.1 Å². The molecule has 2 fully saturated rings. The van der Waals surface area contributed by atoms with Crippen LogP contribution in [0.3, 0.4) is 0 Å². The summed E-state index contributed by atoms with van der Waals surface area (Å²) in [7, 11) is 0. The summed E-state index contributed by atoms with van der Waals surface area (Å²) in [6.45, 7) is 4.71. The minimum absolute atomic E-state index is 0.0627. The molecule has 33 heavy (non-hydrogen) atoms. The molecule has 10 heteroatoms. The molecule has 0 unspecified atom stereocenters. The van der Waals surface area contributed by atoms with E-state index in [1.807, 2.05) is 37.3 Å². The molecule has 0 amide bonds. The highest BCUT2D eigenvalue weighted by Gasteiger charge is 2.25. The van der Waals surface area contributed by atoms with E-state index >= 15 is 0 Å². The molecule has 1 aromatic carbocycles. The maximum atomic E-state index is 6.25. The Hall–Kier alpha value is -2.95. The molecule has 2 aromatic heterocycles. The number of para-hydroxylation sites is 1. The minimum atomic E-state index is 0.0627. The predicted octanol–water partition coefficient (Wildman–Crippen LogP) is 4.11. The Labute approximate surface area is 196 Å². The fourth-order valence-electron chi connectivity index (χ4n) is 3.92. The highest BCUT2D eigenvalue weighted by atomic mass is 32.2. The monoisotopic (exact) mass is 467 g/mol. The van der Waals surface area contributed by atoms with Crippen LogP contribution in [-0.2, 0) is 8.37 Å². The third kappa shape index (κ3) is 5.18. The van der Waals surface area contributed by atoms with Crippen molar-refractivity contribution in [3.63, 3.8) is 0 Å². The first-order valence-corrected chi connectivity index (χ1v) is 11.6. The molecule has 0 spiro atoms. The predicted molar refractivity (Wildman–Crippen MR) is 123 cm³/mol. The van der Waals surface area contributed by atoms with Gasteiger partial charge in [-0.1, -0.05) is 18.2 Å². The Balaban J connectivity index is 1.26. The molecule has 0 aliphatic carbocycles. The zero-order chi connectivity index (χ0) is 22.5. The number of hydrogen-bond donors (Lipinski definition) is 0. The average Bonchev–Trinajstić information content (AvgIpc) is 2.88. The number of benzene rings is 1. The standard InChI is InChI=1S/C23H25N5O4S/c1-16-21(31-18-7-11-28(12-8-18)23-24-9-4-10-25-23)26-15-27-22(16)32-20-6-3-2-5-19(20)17-13-29-33-30-14-17/h2-6,9-10,15,17-18H,7-8,11-14H2,1H3. The fourth-order valence-corrected chi connectivity index (χ4v) is 4.43. The smallest absolute Gasteiger partial charge is 0.229 e. The molecule has 0 N–H and O–H groups in total. The van der Waals surface area contributed by atoms with Gasteiger partial charge in [-0.25, -0.2) is 19.9 Å². The number of ether oxygens (including phenoxy) is 2. The van der Waals surface area contributed by atoms with Crippen molar-refractivity contribution in [1.82, 2.24) is 19.9 Å². The third-order valence-corrected chi connectivity index (χ3v) is 6.21.